The monoisotopic (exact) mass is 766 g/mol. The van der Waals surface area contributed by atoms with Gasteiger partial charge in [-0.15, -0.1) is 0 Å². The summed E-state index contributed by atoms with van der Waals surface area (Å²) in [5.74, 6) is 1.82. The van der Waals surface area contributed by atoms with Crippen molar-refractivity contribution in [1.82, 2.24) is 19.5 Å². The van der Waals surface area contributed by atoms with Crippen molar-refractivity contribution in [3.8, 4) is 62.1 Å². The van der Waals surface area contributed by atoms with Gasteiger partial charge in [-0.2, -0.15) is 0 Å². The molecule has 0 fully saturated rings. The number of hydrogen-bond donors (Lipinski definition) is 0. The first kappa shape index (κ1) is 33.9. The van der Waals surface area contributed by atoms with Gasteiger partial charge in [-0.05, 0) is 69.4 Å². The first-order valence-electron chi connectivity index (χ1n) is 20.2. The van der Waals surface area contributed by atoms with Crippen LogP contribution in [0.3, 0.4) is 0 Å². The molecule has 0 bridgehead atoms. The van der Waals surface area contributed by atoms with Crippen LogP contribution in [0.15, 0.2) is 211 Å². The van der Waals surface area contributed by atoms with E-state index in [0.717, 1.165) is 82.8 Å². The average molecular weight is 767 g/mol. The second-order valence-electron chi connectivity index (χ2n) is 15.2. The zero-order valence-corrected chi connectivity index (χ0v) is 32.3. The third kappa shape index (κ3) is 5.59. The van der Waals surface area contributed by atoms with Crippen molar-refractivity contribution in [2.24, 2.45) is 0 Å². The number of nitrogens with zero attached hydrogens (tertiary/aromatic N) is 4. The summed E-state index contributed by atoms with van der Waals surface area (Å²) in [4.78, 5) is 15.3. The Morgan fingerprint density at radius 1 is 0.333 bits per heavy atom. The Hall–Kier alpha value is -8.15. The van der Waals surface area contributed by atoms with E-state index in [2.05, 4.69) is 180 Å². The van der Waals surface area contributed by atoms with Crippen molar-refractivity contribution < 1.29 is 4.42 Å². The Labute approximate surface area is 345 Å². The van der Waals surface area contributed by atoms with Crippen LogP contribution in [0.1, 0.15) is 0 Å². The van der Waals surface area contributed by atoms with Crippen molar-refractivity contribution in [1.29, 1.82) is 0 Å². The van der Waals surface area contributed by atoms with Crippen LogP contribution in [0.2, 0.25) is 0 Å². The molecule has 0 saturated carbocycles. The summed E-state index contributed by atoms with van der Waals surface area (Å²) in [6, 6.07) is 72.2. The van der Waals surface area contributed by atoms with Gasteiger partial charge in [0.25, 0.3) is 0 Å². The Morgan fingerprint density at radius 3 is 1.70 bits per heavy atom. The third-order valence-corrected chi connectivity index (χ3v) is 11.6. The molecule has 3 heterocycles. The predicted octanol–water partition coefficient (Wildman–Crippen LogP) is 14.4. The molecule has 9 aromatic carbocycles. The van der Waals surface area contributed by atoms with Crippen molar-refractivity contribution >= 4 is 54.5 Å². The van der Waals surface area contributed by atoms with Crippen molar-refractivity contribution in [3.63, 3.8) is 0 Å². The number of para-hydroxylation sites is 1. The van der Waals surface area contributed by atoms with Crippen LogP contribution in [-0.4, -0.2) is 19.5 Å². The summed E-state index contributed by atoms with van der Waals surface area (Å²) >= 11 is 0. The molecule has 0 atom stereocenters. The fourth-order valence-corrected chi connectivity index (χ4v) is 8.77. The lowest BCUT2D eigenvalue weighted by atomic mass is 10.0. The van der Waals surface area contributed by atoms with Gasteiger partial charge >= 0.3 is 0 Å². The van der Waals surface area contributed by atoms with Gasteiger partial charge in [0, 0.05) is 38.2 Å². The van der Waals surface area contributed by atoms with Crippen molar-refractivity contribution in [2.45, 2.75) is 0 Å². The number of aromatic nitrogens is 4. The highest BCUT2D eigenvalue weighted by Crippen LogP contribution is 2.42. The second kappa shape index (κ2) is 13.8. The molecular weight excluding hydrogens is 733 g/mol. The minimum absolute atomic E-state index is 0.579. The molecule has 0 amide bonds. The number of furan rings is 1. The molecule has 3 aromatic heterocycles. The van der Waals surface area contributed by atoms with Crippen LogP contribution < -0.4 is 0 Å². The first-order valence-corrected chi connectivity index (χ1v) is 20.2. The van der Waals surface area contributed by atoms with E-state index in [1.165, 1.54) is 16.3 Å². The SMILES string of the molecule is c1ccc(-c2cc(-n3c4ccccc4c4ccc(-c5ccccc5)cc43)c3oc4cc(-c5nc(-c6ccccc6)nc(-c6cccc7ccccc67)n5)ccc4c3c2)cc1. The van der Waals surface area contributed by atoms with E-state index < -0.39 is 0 Å². The normalized spacial score (nSPS) is 11.7. The molecule has 12 aromatic rings. The highest BCUT2D eigenvalue weighted by molar-refractivity contribution is 6.14. The Kier molecular flexibility index (Phi) is 7.78. The number of benzene rings is 9. The largest absolute Gasteiger partial charge is 0.454 e. The van der Waals surface area contributed by atoms with Gasteiger partial charge in [-0.3, -0.25) is 0 Å². The standard InChI is InChI=1S/C55H34N4O/c1-4-15-35(16-5-1)39-27-29-44-43-24-12-13-26-48(43)59(49(44)32-39)50-33-41(36-17-6-2-7-18-36)31-47-45-30-28-40(34-51(45)60-52(47)50)54-56-53(38-20-8-3-9-21-38)57-55(58-54)46-25-14-22-37-19-10-11-23-42(37)46/h1-34H. The molecule has 5 nitrogen and oxygen atoms in total. The van der Waals surface area contributed by atoms with E-state index in [4.69, 9.17) is 19.4 Å². The summed E-state index contributed by atoms with van der Waals surface area (Å²) in [6.07, 6.45) is 0. The quantitative estimate of drug-likeness (QED) is 0.169. The lowest BCUT2D eigenvalue weighted by molar-refractivity contribution is 0.666. The minimum atomic E-state index is 0.579. The van der Waals surface area contributed by atoms with E-state index in [1.807, 2.05) is 30.3 Å². The zero-order valence-electron chi connectivity index (χ0n) is 32.3. The summed E-state index contributed by atoms with van der Waals surface area (Å²) < 4.78 is 9.45. The summed E-state index contributed by atoms with van der Waals surface area (Å²) in [5, 5.41) is 6.65. The lowest BCUT2D eigenvalue weighted by Gasteiger charge is -2.12. The number of rotatable bonds is 6. The van der Waals surface area contributed by atoms with E-state index >= 15 is 0 Å². The summed E-state index contributed by atoms with van der Waals surface area (Å²) in [7, 11) is 0. The Balaban J connectivity index is 1.10. The molecule has 0 radical (unpaired) electrons. The van der Waals surface area contributed by atoms with Crippen LogP contribution in [0, 0.1) is 0 Å². The van der Waals surface area contributed by atoms with Gasteiger partial charge in [-0.25, -0.2) is 15.0 Å². The minimum Gasteiger partial charge on any atom is -0.454 e. The highest BCUT2D eigenvalue weighted by Gasteiger charge is 2.21. The molecule has 60 heavy (non-hydrogen) atoms. The lowest BCUT2D eigenvalue weighted by Crippen LogP contribution is -2.00. The topological polar surface area (TPSA) is 56.7 Å². The Morgan fingerprint density at radius 2 is 0.917 bits per heavy atom. The molecule has 0 aliphatic rings. The first-order chi connectivity index (χ1) is 29.7. The third-order valence-electron chi connectivity index (χ3n) is 11.6. The molecule has 0 spiro atoms. The summed E-state index contributed by atoms with van der Waals surface area (Å²) in [6.45, 7) is 0. The van der Waals surface area contributed by atoms with E-state index in [1.54, 1.807) is 0 Å². The molecule has 0 aliphatic carbocycles. The van der Waals surface area contributed by atoms with Crippen LogP contribution in [-0.2, 0) is 0 Å². The van der Waals surface area contributed by atoms with Crippen LogP contribution in [0.25, 0.3) is 117 Å². The molecule has 0 N–H and O–H groups in total. The maximum absolute atomic E-state index is 7.07. The van der Waals surface area contributed by atoms with Crippen LogP contribution >= 0.6 is 0 Å². The van der Waals surface area contributed by atoms with E-state index in [-0.39, 0.29) is 0 Å². The maximum Gasteiger partial charge on any atom is 0.164 e. The summed E-state index contributed by atoms with van der Waals surface area (Å²) in [5.41, 5.74) is 12.1. The number of hydrogen-bond acceptors (Lipinski definition) is 4. The number of fused-ring (bicyclic) bond motifs is 7. The molecule has 5 heteroatoms. The van der Waals surface area contributed by atoms with Gasteiger partial charge in [0.15, 0.2) is 23.1 Å². The molecule has 0 unspecified atom stereocenters. The van der Waals surface area contributed by atoms with Gasteiger partial charge < -0.3 is 8.98 Å². The van der Waals surface area contributed by atoms with Crippen LogP contribution in [0.4, 0.5) is 0 Å². The molecule has 280 valence electrons. The predicted molar refractivity (Wildman–Crippen MR) is 246 cm³/mol. The highest BCUT2D eigenvalue weighted by atomic mass is 16.3. The Bertz CT molecular complexity index is 3590. The maximum atomic E-state index is 7.07. The van der Waals surface area contributed by atoms with Gasteiger partial charge in [-0.1, -0.05) is 170 Å². The fraction of sp³-hybridized carbons (Fsp3) is 0. The molecular formula is C55H34N4O. The molecule has 0 aliphatic heterocycles. The second-order valence-corrected chi connectivity index (χ2v) is 15.2. The fourth-order valence-electron chi connectivity index (χ4n) is 8.77. The van der Waals surface area contributed by atoms with Crippen LogP contribution in [0.5, 0.6) is 0 Å². The smallest absolute Gasteiger partial charge is 0.164 e. The van der Waals surface area contributed by atoms with Crippen molar-refractivity contribution in [3.05, 3.63) is 206 Å². The van der Waals surface area contributed by atoms with E-state index in [0.29, 0.717) is 17.5 Å². The van der Waals surface area contributed by atoms with E-state index in [9.17, 15) is 0 Å². The molecule has 12 rings (SSSR count). The van der Waals surface area contributed by atoms with Gasteiger partial charge in [0.1, 0.15) is 5.58 Å². The average Bonchev–Trinajstić information content (AvgIpc) is 3.87. The molecule has 0 saturated heterocycles. The van der Waals surface area contributed by atoms with Gasteiger partial charge in [0.2, 0.25) is 0 Å². The van der Waals surface area contributed by atoms with Gasteiger partial charge in [0.05, 0.1) is 16.7 Å². The zero-order chi connectivity index (χ0) is 39.6. The van der Waals surface area contributed by atoms with Crippen molar-refractivity contribution in [2.75, 3.05) is 0 Å².